The monoisotopic (exact) mass is 404 g/mol. The number of aromatic nitrogens is 1. The van der Waals surface area contributed by atoms with Gasteiger partial charge in [0.2, 0.25) is 0 Å². The smallest absolute Gasteiger partial charge is 0.306 e. The Morgan fingerprint density at radius 1 is 1.32 bits per heavy atom. The largest absolute Gasteiger partial charge is 0.496 e. The fourth-order valence-corrected chi connectivity index (χ4v) is 3.78. The first-order valence-corrected chi connectivity index (χ1v) is 9.10. The van der Waals surface area contributed by atoms with Gasteiger partial charge in [-0.1, -0.05) is 22.0 Å². The van der Waals surface area contributed by atoms with E-state index in [1.54, 1.807) is 13.3 Å². The van der Waals surface area contributed by atoms with Crippen LogP contribution >= 0.6 is 15.9 Å². The van der Waals surface area contributed by atoms with E-state index in [9.17, 15) is 9.90 Å². The van der Waals surface area contributed by atoms with Gasteiger partial charge in [-0.05, 0) is 56.3 Å². The number of aliphatic carboxylic acids is 1. The Hall–Kier alpha value is -1.92. The summed E-state index contributed by atoms with van der Waals surface area (Å²) in [7, 11) is 1.67. The lowest BCUT2D eigenvalue weighted by Crippen LogP contribution is -2.39. The molecule has 1 aliphatic rings. The summed E-state index contributed by atoms with van der Waals surface area (Å²) >= 11 is 3.55. The van der Waals surface area contributed by atoms with Crippen LogP contribution in [0.25, 0.3) is 0 Å². The maximum atomic E-state index is 11.3. The Labute approximate surface area is 155 Å². The first-order chi connectivity index (χ1) is 12.1. The third-order valence-electron chi connectivity index (χ3n) is 4.70. The number of carboxylic acid groups (broad SMARTS) is 1. The molecule has 5 nitrogen and oxygen atoms in total. The van der Waals surface area contributed by atoms with Gasteiger partial charge in [-0.25, -0.2) is 0 Å². The molecule has 0 bridgehead atoms. The van der Waals surface area contributed by atoms with E-state index in [1.165, 1.54) is 0 Å². The van der Waals surface area contributed by atoms with Crippen LogP contribution in [-0.2, 0) is 4.79 Å². The molecule has 0 amide bonds. The van der Waals surface area contributed by atoms with Gasteiger partial charge >= 0.3 is 5.97 Å². The number of methoxy groups -OCH3 is 1. The Balaban J connectivity index is 1.98. The summed E-state index contributed by atoms with van der Waals surface area (Å²) in [6.07, 6.45) is 3.08. The van der Waals surface area contributed by atoms with Gasteiger partial charge in [-0.2, -0.15) is 0 Å². The zero-order chi connectivity index (χ0) is 17.8. The number of pyridine rings is 1. The van der Waals surface area contributed by atoms with Crippen molar-refractivity contribution < 1.29 is 14.6 Å². The summed E-state index contributed by atoms with van der Waals surface area (Å²) in [6, 6.07) is 11.8. The maximum absolute atomic E-state index is 11.3. The van der Waals surface area contributed by atoms with Gasteiger partial charge in [0, 0.05) is 16.2 Å². The molecule has 0 radical (unpaired) electrons. The molecule has 6 heteroatoms. The Morgan fingerprint density at radius 3 is 2.68 bits per heavy atom. The molecule has 1 aromatic carbocycles. The van der Waals surface area contributed by atoms with Gasteiger partial charge in [0.25, 0.3) is 0 Å². The van der Waals surface area contributed by atoms with Crippen LogP contribution in [0.2, 0.25) is 0 Å². The molecular weight excluding hydrogens is 384 g/mol. The molecule has 25 heavy (non-hydrogen) atoms. The molecule has 1 aliphatic heterocycles. The van der Waals surface area contributed by atoms with Crippen molar-refractivity contribution in [3.8, 4) is 5.75 Å². The highest BCUT2D eigenvalue weighted by Gasteiger charge is 2.32. The van der Waals surface area contributed by atoms with Crippen LogP contribution < -0.4 is 4.74 Å². The number of likely N-dealkylation sites (tertiary alicyclic amines) is 1. The molecule has 2 aromatic rings. The average Bonchev–Trinajstić information content (AvgIpc) is 2.63. The Bertz CT molecular complexity index is 731. The summed E-state index contributed by atoms with van der Waals surface area (Å²) in [5, 5.41) is 9.26. The summed E-state index contributed by atoms with van der Waals surface area (Å²) in [5.74, 6) is -0.154. The van der Waals surface area contributed by atoms with Gasteiger partial charge in [0.1, 0.15) is 5.75 Å². The standard InChI is InChI=1S/C19H21BrN2O3/c1-25-17-6-5-14(20)12-15(17)18(16-4-2-3-9-21-16)22-10-7-13(8-11-22)19(23)24/h2-6,9,12-13,18H,7-8,10-11H2,1H3,(H,23,24). The van der Waals surface area contributed by atoms with E-state index in [4.69, 9.17) is 4.74 Å². The van der Waals surface area contributed by atoms with Crippen LogP contribution in [0.3, 0.4) is 0 Å². The number of piperidine rings is 1. The van der Waals surface area contributed by atoms with Crippen molar-refractivity contribution in [2.24, 2.45) is 5.92 Å². The molecule has 1 atom stereocenters. The number of hydrogen-bond donors (Lipinski definition) is 1. The number of benzene rings is 1. The number of carbonyl (C=O) groups is 1. The number of nitrogens with zero attached hydrogens (tertiary/aromatic N) is 2. The van der Waals surface area contributed by atoms with Crippen molar-refractivity contribution >= 4 is 21.9 Å². The van der Waals surface area contributed by atoms with E-state index < -0.39 is 5.97 Å². The van der Waals surface area contributed by atoms with Crippen molar-refractivity contribution in [2.75, 3.05) is 20.2 Å². The molecule has 1 saturated heterocycles. The number of halogens is 1. The molecule has 3 rings (SSSR count). The second kappa shape index (κ2) is 7.97. The fraction of sp³-hybridized carbons (Fsp3) is 0.368. The van der Waals surface area contributed by atoms with Crippen LogP contribution in [0.5, 0.6) is 5.75 Å². The lowest BCUT2D eigenvalue weighted by molar-refractivity contribution is -0.143. The van der Waals surface area contributed by atoms with Crippen molar-refractivity contribution in [3.05, 3.63) is 58.3 Å². The van der Waals surface area contributed by atoms with E-state index in [0.717, 1.165) is 21.5 Å². The highest BCUT2D eigenvalue weighted by molar-refractivity contribution is 9.10. The topological polar surface area (TPSA) is 62.7 Å². The van der Waals surface area contributed by atoms with E-state index in [1.807, 2.05) is 30.3 Å². The summed E-state index contributed by atoms with van der Waals surface area (Å²) < 4.78 is 6.56. The quantitative estimate of drug-likeness (QED) is 0.821. The first-order valence-electron chi connectivity index (χ1n) is 8.31. The SMILES string of the molecule is COc1ccc(Br)cc1C(c1ccccn1)N1CCC(C(=O)O)CC1. The molecular formula is C19H21BrN2O3. The highest BCUT2D eigenvalue weighted by Crippen LogP contribution is 2.37. The van der Waals surface area contributed by atoms with Gasteiger partial charge in [0.05, 0.1) is 24.8 Å². The zero-order valence-electron chi connectivity index (χ0n) is 14.1. The second-order valence-electron chi connectivity index (χ2n) is 6.19. The van der Waals surface area contributed by atoms with Crippen molar-refractivity contribution in [1.29, 1.82) is 0 Å². The first kappa shape index (κ1) is 17.9. The minimum Gasteiger partial charge on any atom is -0.496 e. The predicted octanol–water partition coefficient (Wildman–Crippen LogP) is 3.74. The van der Waals surface area contributed by atoms with Gasteiger partial charge in [-0.15, -0.1) is 0 Å². The highest BCUT2D eigenvalue weighted by atomic mass is 79.9. The van der Waals surface area contributed by atoms with E-state index in [0.29, 0.717) is 25.9 Å². The number of ether oxygens (including phenoxy) is 1. The maximum Gasteiger partial charge on any atom is 0.306 e. The van der Waals surface area contributed by atoms with Crippen molar-refractivity contribution in [3.63, 3.8) is 0 Å². The van der Waals surface area contributed by atoms with E-state index in [-0.39, 0.29) is 12.0 Å². The summed E-state index contributed by atoms with van der Waals surface area (Å²) in [6.45, 7) is 1.43. The van der Waals surface area contributed by atoms with Crippen molar-refractivity contribution in [1.82, 2.24) is 9.88 Å². The zero-order valence-corrected chi connectivity index (χ0v) is 15.6. The van der Waals surface area contributed by atoms with Crippen LogP contribution in [0.1, 0.15) is 30.1 Å². The molecule has 1 aromatic heterocycles. The molecule has 132 valence electrons. The van der Waals surface area contributed by atoms with Crippen LogP contribution in [0.4, 0.5) is 0 Å². The van der Waals surface area contributed by atoms with E-state index >= 15 is 0 Å². The predicted molar refractivity (Wildman–Crippen MR) is 98.7 cm³/mol. The van der Waals surface area contributed by atoms with Crippen LogP contribution in [0, 0.1) is 5.92 Å². The van der Waals surface area contributed by atoms with Crippen LogP contribution in [-0.4, -0.2) is 41.2 Å². The fourth-order valence-electron chi connectivity index (χ4n) is 3.40. The minimum absolute atomic E-state index is 0.0663. The third-order valence-corrected chi connectivity index (χ3v) is 5.19. The second-order valence-corrected chi connectivity index (χ2v) is 7.11. The third kappa shape index (κ3) is 4.02. The van der Waals surface area contributed by atoms with Gasteiger partial charge in [0.15, 0.2) is 0 Å². The molecule has 1 unspecified atom stereocenters. The van der Waals surface area contributed by atoms with Gasteiger partial charge in [-0.3, -0.25) is 14.7 Å². The lowest BCUT2D eigenvalue weighted by Gasteiger charge is -2.37. The molecule has 0 aliphatic carbocycles. The number of carboxylic acids is 1. The Morgan fingerprint density at radius 2 is 2.08 bits per heavy atom. The lowest BCUT2D eigenvalue weighted by atomic mass is 9.92. The molecule has 1 N–H and O–H groups in total. The average molecular weight is 405 g/mol. The molecule has 1 fully saturated rings. The van der Waals surface area contributed by atoms with E-state index in [2.05, 4.69) is 31.9 Å². The number of hydrogen-bond acceptors (Lipinski definition) is 4. The molecule has 0 spiro atoms. The molecule has 2 heterocycles. The van der Waals surface area contributed by atoms with Crippen LogP contribution in [0.15, 0.2) is 47.1 Å². The van der Waals surface area contributed by atoms with Crippen molar-refractivity contribution in [2.45, 2.75) is 18.9 Å². The normalized spacial score (nSPS) is 17.2. The number of rotatable bonds is 5. The summed E-state index contributed by atoms with van der Waals surface area (Å²) in [4.78, 5) is 18.1. The summed E-state index contributed by atoms with van der Waals surface area (Å²) in [5.41, 5.74) is 1.97. The Kier molecular flexibility index (Phi) is 5.71. The van der Waals surface area contributed by atoms with Gasteiger partial charge < -0.3 is 9.84 Å². The molecule has 0 saturated carbocycles. The minimum atomic E-state index is -0.700.